The monoisotopic (exact) mass is 528 g/mol. The molecule has 2 aliphatic rings. The number of hydrogen-bond acceptors (Lipinski definition) is 5. The van der Waals surface area contributed by atoms with Crippen LogP contribution in [0.1, 0.15) is 71.1 Å². The van der Waals surface area contributed by atoms with E-state index in [-0.39, 0.29) is 37.6 Å². The molecule has 2 saturated carbocycles. The number of fused-ring (bicyclic) bond motifs is 2. The summed E-state index contributed by atoms with van der Waals surface area (Å²) in [5.74, 6) is 0.405. The van der Waals surface area contributed by atoms with Crippen molar-refractivity contribution in [3.8, 4) is 0 Å². The molecule has 3 amide bonds. The van der Waals surface area contributed by atoms with Crippen LogP contribution in [0.25, 0.3) is 0 Å². The van der Waals surface area contributed by atoms with Gasteiger partial charge >= 0.3 is 6.09 Å². The zero-order valence-electron chi connectivity index (χ0n) is 21.0. The lowest BCUT2D eigenvalue weighted by Crippen LogP contribution is -2.65. The van der Waals surface area contributed by atoms with Crippen LogP contribution in [-0.2, 0) is 22.4 Å². The lowest BCUT2D eigenvalue weighted by molar-refractivity contribution is -0.135. The molecule has 0 spiro atoms. The lowest BCUT2D eigenvalue weighted by atomic mass is 9.68. The number of carbonyl (C=O) groups is 3. The Morgan fingerprint density at radius 3 is 2.62 bits per heavy atom. The van der Waals surface area contributed by atoms with Gasteiger partial charge in [0.2, 0.25) is 11.8 Å². The molecule has 2 aromatic rings. The second kappa shape index (κ2) is 12.5. The van der Waals surface area contributed by atoms with Crippen LogP contribution in [0.3, 0.4) is 0 Å². The molecule has 8 nitrogen and oxygen atoms in total. The topological polar surface area (TPSA) is 112 Å². The van der Waals surface area contributed by atoms with Crippen molar-refractivity contribution in [2.45, 2.75) is 84.2 Å². The fourth-order valence-corrected chi connectivity index (χ4v) is 6.78. The minimum absolute atomic E-state index is 0. The summed E-state index contributed by atoms with van der Waals surface area (Å²) in [7, 11) is 0. The molecule has 2 bridgehead atoms. The number of nitrogens with zero attached hydrogens (tertiary/aromatic N) is 2. The van der Waals surface area contributed by atoms with Gasteiger partial charge in [0, 0.05) is 31.3 Å². The maximum atomic E-state index is 13.8. The molecule has 0 aliphatic heterocycles. The Kier molecular flexibility index (Phi) is 9.70. The zero-order chi connectivity index (χ0) is 25.7. The molecule has 0 radical (unpaired) electrons. The maximum Gasteiger partial charge on any atom is 0.408 e. The van der Waals surface area contributed by atoms with E-state index in [2.05, 4.69) is 15.6 Å². The average Bonchev–Trinajstić information content (AvgIpc) is 3.27. The second-order valence-corrected chi connectivity index (χ2v) is 11.2. The molecule has 2 fully saturated rings. The number of amides is 3. The Labute approximate surface area is 223 Å². The number of thiazole rings is 1. The van der Waals surface area contributed by atoms with Crippen molar-refractivity contribution in [2.24, 2.45) is 11.8 Å². The molecule has 202 valence electrons. The van der Waals surface area contributed by atoms with Crippen molar-refractivity contribution >= 4 is 34.4 Å². The summed E-state index contributed by atoms with van der Waals surface area (Å²) in [4.78, 5) is 44.0. The third-order valence-electron chi connectivity index (χ3n) is 7.70. The molecular weight excluding hydrogens is 488 g/mol. The fourth-order valence-electron chi connectivity index (χ4n) is 6.02. The van der Waals surface area contributed by atoms with Crippen LogP contribution in [0.15, 0.2) is 35.7 Å². The van der Waals surface area contributed by atoms with Gasteiger partial charge in [-0.15, -0.1) is 11.3 Å². The number of aromatic nitrogens is 1. The van der Waals surface area contributed by atoms with Gasteiger partial charge in [-0.25, -0.2) is 9.78 Å². The van der Waals surface area contributed by atoms with Gasteiger partial charge in [-0.05, 0) is 56.4 Å². The predicted octanol–water partition coefficient (Wildman–Crippen LogP) is 5.35. The highest BCUT2D eigenvalue weighted by Crippen LogP contribution is 2.44. The van der Waals surface area contributed by atoms with E-state index in [1.807, 2.05) is 30.3 Å². The Morgan fingerprint density at radius 2 is 1.92 bits per heavy atom. The van der Waals surface area contributed by atoms with E-state index < -0.39 is 11.6 Å². The minimum Gasteiger partial charge on any atom is -0.465 e. The van der Waals surface area contributed by atoms with Crippen LogP contribution in [-0.4, -0.2) is 51.0 Å². The first-order valence-electron chi connectivity index (χ1n) is 12.8. The Bertz CT molecular complexity index is 1080. The largest absolute Gasteiger partial charge is 0.465 e. The van der Waals surface area contributed by atoms with E-state index in [1.54, 1.807) is 12.3 Å². The fraction of sp³-hybridized carbons (Fsp3) is 0.571. The number of hydrogen-bond donors (Lipinski definition) is 3. The van der Waals surface area contributed by atoms with Gasteiger partial charge in [-0.3, -0.25) is 14.5 Å². The van der Waals surface area contributed by atoms with E-state index in [0.717, 1.165) is 37.7 Å². The predicted molar refractivity (Wildman–Crippen MR) is 147 cm³/mol. The van der Waals surface area contributed by atoms with Crippen LogP contribution in [0.4, 0.5) is 9.93 Å². The van der Waals surface area contributed by atoms with Gasteiger partial charge in [0.25, 0.3) is 0 Å². The average molecular weight is 529 g/mol. The van der Waals surface area contributed by atoms with E-state index in [9.17, 15) is 19.5 Å². The lowest BCUT2D eigenvalue weighted by Gasteiger charge is -2.50. The molecule has 4 unspecified atom stereocenters. The highest BCUT2D eigenvalue weighted by Gasteiger charge is 2.50. The van der Waals surface area contributed by atoms with E-state index in [0.29, 0.717) is 29.7 Å². The van der Waals surface area contributed by atoms with E-state index in [1.165, 1.54) is 29.6 Å². The Balaban J connectivity index is 0.00000380. The molecule has 1 heterocycles. The summed E-state index contributed by atoms with van der Waals surface area (Å²) < 4.78 is 0. The van der Waals surface area contributed by atoms with Gasteiger partial charge in [-0.2, -0.15) is 0 Å². The summed E-state index contributed by atoms with van der Waals surface area (Å²) in [6.07, 6.45) is 5.88. The molecule has 4 atom stereocenters. The summed E-state index contributed by atoms with van der Waals surface area (Å²) in [5.41, 5.74) is 0.363. The van der Waals surface area contributed by atoms with Crippen molar-refractivity contribution in [1.29, 1.82) is 0 Å². The maximum absolute atomic E-state index is 13.8. The molecule has 9 heteroatoms. The first kappa shape index (κ1) is 28.6. The van der Waals surface area contributed by atoms with Crippen molar-refractivity contribution in [3.63, 3.8) is 0 Å². The van der Waals surface area contributed by atoms with Crippen LogP contribution in [0, 0.1) is 11.8 Å². The molecule has 37 heavy (non-hydrogen) atoms. The van der Waals surface area contributed by atoms with Crippen molar-refractivity contribution in [3.05, 3.63) is 47.0 Å². The summed E-state index contributed by atoms with van der Waals surface area (Å²) in [6.45, 7) is 3.56. The highest BCUT2D eigenvalue weighted by molar-refractivity contribution is 7.13. The third kappa shape index (κ3) is 6.89. The van der Waals surface area contributed by atoms with Gasteiger partial charge in [0.05, 0.1) is 5.69 Å². The third-order valence-corrected chi connectivity index (χ3v) is 8.51. The first-order valence-corrected chi connectivity index (χ1v) is 13.7. The molecule has 1 aromatic heterocycles. The molecular formula is C28H40N4O4S. The van der Waals surface area contributed by atoms with Crippen molar-refractivity contribution in [1.82, 2.24) is 15.2 Å². The smallest absolute Gasteiger partial charge is 0.408 e. The van der Waals surface area contributed by atoms with Gasteiger partial charge < -0.3 is 15.7 Å². The quantitative estimate of drug-likeness (QED) is 0.406. The van der Waals surface area contributed by atoms with E-state index >= 15 is 0 Å². The molecule has 2 aliphatic carbocycles. The van der Waals surface area contributed by atoms with Crippen LogP contribution >= 0.6 is 11.3 Å². The zero-order valence-corrected chi connectivity index (χ0v) is 21.9. The van der Waals surface area contributed by atoms with Crippen LogP contribution in [0.5, 0.6) is 0 Å². The van der Waals surface area contributed by atoms with Crippen LogP contribution in [0.2, 0.25) is 0 Å². The van der Waals surface area contributed by atoms with Crippen molar-refractivity contribution < 1.29 is 19.5 Å². The second-order valence-electron chi connectivity index (χ2n) is 10.4. The van der Waals surface area contributed by atoms with Gasteiger partial charge in [0.15, 0.2) is 5.13 Å². The normalized spacial score (nSPS) is 22.2. The van der Waals surface area contributed by atoms with Gasteiger partial charge in [0.1, 0.15) is 5.54 Å². The Hall–Kier alpha value is -2.94. The van der Waals surface area contributed by atoms with Crippen LogP contribution < -0.4 is 10.6 Å². The highest BCUT2D eigenvalue weighted by atomic mass is 32.1. The van der Waals surface area contributed by atoms with Gasteiger partial charge in [-0.1, -0.05) is 50.6 Å². The molecule has 4 rings (SSSR count). The molecule has 0 saturated heterocycles. The summed E-state index contributed by atoms with van der Waals surface area (Å²) >= 11 is 1.27. The first-order chi connectivity index (χ1) is 17.3. The van der Waals surface area contributed by atoms with Crippen molar-refractivity contribution in [2.75, 3.05) is 11.9 Å². The number of benzene rings is 1. The number of carbonyl (C=O) groups excluding carboxylic acids is 2. The molecule has 3 N–H and O–H groups in total. The summed E-state index contributed by atoms with van der Waals surface area (Å²) in [6, 6.07) is 9.70. The SMILES string of the molecule is C.CC(=O)Nc1nc(CC(C)(C(=O)NCCc2ccccc2)N(C(=O)O)C2CCC3CCCC2C3)cs1. The summed E-state index contributed by atoms with van der Waals surface area (Å²) in [5, 5.41) is 18.4. The minimum atomic E-state index is -1.33. The Morgan fingerprint density at radius 1 is 1.16 bits per heavy atom. The number of anilines is 1. The standard InChI is InChI=1S/C27H36N4O4S.CH4/c1-18(32)29-25-30-22(17-36-25)16-27(2,24(33)28-14-13-19-7-4-3-5-8-19)31(26(34)35)23-12-11-20-9-6-10-21(23)15-20;/h3-5,7-8,17,20-21,23H,6,9-16H2,1-2H3,(H,28,33)(H,34,35)(H,29,30,32);1H4. The number of carboxylic acid groups (broad SMARTS) is 1. The number of rotatable bonds is 9. The number of nitrogens with one attached hydrogen (secondary N) is 2. The van der Waals surface area contributed by atoms with E-state index in [4.69, 9.17) is 0 Å². The molecule has 1 aromatic carbocycles.